The molecule has 0 atom stereocenters. The molecule has 0 unspecified atom stereocenters. The van der Waals surface area contributed by atoms with E-state index in [4.69, 9.17) is 9.47 Å². The Morgan fingerprint density at radius 2 is 1.85 bits per heavy atom. The van der Waals surface area contributed by atoms with Crippen LogP contribution in [-0.4, -0.2) is 12.7 Å². The van der Waals surface area contributed by atoms with Gasteiger partial charge in [0.15, 0.2) is 11.5 Å². The van der Waals surface area contributed by atoms with Crippen LogP contribution >= 0.6 is 0 Å². The molecule has 5 heteroatoms. The molecular formula is C15H14N2O3. The summed E-state index contributed by atoms with van der Waals surface area (Å²) in [6.45, 7) is 0.770. The zero-order valence-electron chi connectivity index (χ0n) is 10.8. The second-order valence-corrected chi connectivity index (χ2v) is 4.36. The van der Waals surface area contributed by atoms with Gasteiger partial charge in [0, 0.05) is 12.1 Å². The van der Waals surface area contributed by atoms with Crippen molar-refractivity contribution in [1.29, 1.82) is 0 Å². The summed E-state index contributed by atoms with van der Waals surface area (Å²) in [7, 11) is 0. The Bertz CT molecular complexity index is 614. The lowest BCUT2D eigenvalue weighted by Crippen LogP contribution is -2.36. The van der Waals surface area contributed by atoms with Crippen molar-refractivity contribution in [2.45, 2.75) is 6.54 Å². The third kappa shape index (κ3) is 2.73. The molecule has 2 N–H and O–H groups in total. The predicted octanol–water partition coefficient (Wildman–Crippen LogP) is 1.85. The van der Waals surface area contributed by atoms with Gasteiger partial charge in [0.2, 0.25) is 6.79 Å². The quantitative estimate of drug-likeness (QED) is 0.832. The van der Waals surface area contributed by atoms with Crippen LogP contribution in [0.2, 0.25) is 0 Å². The van der Waals surface area contributed by atoms with Gasteiger partial charge in [-0.25, -0.2) is 5.43 Å². The molecule has 20 heavy (non-hydrogen) atoms. The molecule has 5 nitrogen and oxygen atoms in total. The SMILES string of the molecule is O=C(NNCc1ccc2c(c1)OCO2)c1ccccc1. The fraction of sp³-hybridized carbons (Fsp3) is 0.133. The first kappa shape index (κ1) is 12.5. The van der Waals surface area contributed by atoms with Gasteiger partial charge in [0.05, 0.1) is 0 Å². The molecule has 0 spiro atoms. The largest absolute Gasteiger partial charge is 0.454 e. The summed E-state index contributed by atoms with van der Waals surface area (Å²) >= 11 is 0. The molecule has 0 saturated heterocycles. The van der Waals surface area contributed by atoms with E-state index in [-0.39, 0.29) is 12.7 Å². The van der Waals surface area contributed by atoms with Gasteiger partial charge in [0.1, 0.15) is 0 Å². The van der Waals surface area contributed by atoms with E-state index in [2.05, 4.69) is 10.9 Å². The van der Waals surface area contributed by atoms with Gasteiger partial charge in [-0.3, -0.25) is 10.2 Å². The van der Waals surface area contributed by atoms with Crippen molar-refractivity contribution in [1.82, 2.24) is 10.9 Å². The van der Waals surface area contributed by atoms with Crippen molar-refractivity contribution in [2.75, 3.05) is 6.79 Å². The molecule has 1 heterocycles. The van der Waals surface area contributed by atoms with Crippen LogP contribution in [0.1, 0.15) is 15.9 Å². The van der Waals surface area contributed by atoms with Crippen LogP contribution < -0.4 is 20.3 Å². The average Bonchev–Trinajstić information content (AvgIpc) is 2.95. The van der Waals surface area contributed by atoms with Crippen LogP contribution in [0.15, 0.2) is 48.5 Å². The van der Waals surface area contributed by atoms with E-state index in [9.17, 15) is 4.79 Å². The highest BCUT2D eigenvalue weighted by Gasteiger charge is 2.13. The minimum absolute atomic E-state index is 0.161. The molecular weight excluding hydrogens is 256 g/mol. The van der Waals surface area contributed by atoms with E-state index >= 15 is 0 Å². The minimum Gasteiger partial charge on any atom is -0.454 e. The summed E-state index contributed by atoms with van der Waals surface area (Å²) in [4.78, 5) is 11.8. The average molecular weight is 270 g/mol. The first-order valence-electron chi connectivity index (χ1n) is 6.30. The van der Waals surface area contributed by atoms with Crippen molar-refractivity contribution in [2.24, 2.45) is 0 Å². The van der Waals surface area contributed by atoms with Gasteiger partial charge < -0.3 is 9.47 Å². The summed E-state index contributed by atoms with van der Waals surface area (Å²) in [5.74, 6) is 1.33. The first-order chi connectivity index (χ1) is 9.83. The van der Waals surface area contributed by atoms with Crippen LogP contribution in [0, 0.1) is 0 Å². The number of fused-ring (bicyclic) bond motifs is 1. The normalized spacial score (nSPS) is 12.2. The fourth-order valence-corrected chi connectivity index (χ4v) is 1.94. The van der Waals surface area contributed by atoms with Gasteiger partial charge >= 0.3 is 0 Å². The molecule has 0 saturated carbocycles. The summed E-state index contributed by atoms with van der Waals surface area (Å²) in [5, 5.41) is 0. The van der Waals surface area contributed by atoms with E-state index in [1.165, 1.54) is 0 Å². The zero-order valence-corrected chi connectivity index (χ0v) is 10.8. The Hall–Kier alpha value is -2.53. The van der Waals surface area contributed by atoms with Crippen LogP contribution in [0.4, 0.5) is 0 Å². The van der Waals surface area contributed by atoms with Crippen LogP contribution in [-0.2, 0) is 6.54 Å². The lowest BCUT2D eigenvalue weighted by atomic mass is 10.2. The maximum Gasteiger partial charge on any atom is 0.265 e. The summed E-state index contributed by atoms with van der Waals surface area (Å²) in [6, 6.07) is 14.7. The smallest absolute Gasteiger partial charge is 0.265 e. The topological polar surface area (TPSA) is 59.6 Å². The van der Waals surface area contributed by atoms with Crippen LogP contribution in [0.5, 0.6) is 11.5 Å². The first-order valence-corrected chi connectivity index (χ1v) is 6.30. The number of benzene rings is 2. The molecule has 0 fully saturated rings. The monoisotopic (exact) mass is 270 g/mol. The van der Waals surface area contributed by atoms with Gasteiger partial charge in [-0.1, -0.05) is 24.3 Å². The number of hydrogen-bond donors (Lipinski definition) is 2. The van der Waals surface area contributed by atoms with Gasteiger partial charge in [-0.05, 0) is 29.8 Å². The zero-order chi connectivity index (χ0) is 13.8. The van der Waals surface area contributed by atoms with E-state index < -0.39 is 0 Å². The number of hydrogen-bond acceptors (Lipinski definition) is 4. The molecule has 0 aliphatic carbocycles. The molecule has 102 valence electrons. The number of hydrazine groups is 1. The summed E-state index contributed by atoms with van der Waals surface area (Å²) in [6.07, 6.45) is 0. The molecule has 2 aromatic carbocycles. The maximum atomic E-state index is 11.8. The van der Waals surface area contributed by atoms with Crippen molar-refractivity contribution in [3.63, 3.8) is 0 Å². The molecule has 0 radical (unpaired) electrons. The summed E-state index contributed by atoms with van der Waals surface area (Å²) in [5.41, 5.74) is 7.17. The van der Waals surface area contributed by atoms with E-state index in [0.29, 0.717) is 12.1 Å². The van der Waals surface area contributed by atoms with Crippen molar-refractivity contribution >= 4 is 5.91 Å². The molecule has 1 aliphatic rings. The predicted molar refractivity (Wildman–Crippen MR) is 73.3 cm³/mol. The van der Waals surface area contributed by atoms with E-state index in [1.807, 2.05) is 36.4 Å². The van der Waals surface area contributed by atoms with Gasteiger partial charge in [0.25, 0.3) is 5.91 Å². The number of ether oxygens (including phenoxy) is 2. The van der Waals surface area contributed by atoms with Crippen molar-refractivity contribution in [3.8, 4) is 11.5 Å². The Kier molecular flexibility index (Phi) is 3.52. The van der Waals surface area contributed by atoms with E-state index in [1.54, 1.807) is 12.1 Å². The van der Waals surface area contributed by atoms with Gasteiger partial charge in [-0.15, -0.1) is 0 Å². The van der Waals surface area contributed by atoms with Crippen molar-refractivity contribution in [3.05, 3.63) is 59.7 Å². The Morgan fingerprint density at radius 1 is 1.05 bits per heavy atom. The Labute approximate surface area is 116 Å². The summed E-state index contributed by atoms with van der Waals surface area (Å²) < 4.78 is 10.5. The molecule has 0 aromatic heterocycles. The third-order valence-corrected chi connectivity index (χ3v) is 2.97. The Morgan fingerprint density at radius 3 is 2.70 bits per heavy atom. The van der Waals surface area contributed by atoms with E-state index in [0.717, 1.165) is 17.1 Å². The Balaban J connectivity index is 1.54. The second-order valence-electron chi connectivity index (χ2n) is 4.36. The molecule has 1 aliphatic heterocycles. The third-order valence-electron chi connectivity index (χ3n) is 2.97. The number of amides is 1. The second kappa shape index (κ2) is 5.63. The van der Waals surface area contributed by atoms with Crippen molar-refractivity contribution < 1.29 is 14.3 Å². The number of carbonyl (C=O) groups is 1. The van der Waals surface area contributed by atoms with Crippen LogP contribution in [0.3, 0.4) is 0 Å². The number of rotatable bonds is 4. The number of nitrogens with one attached hydrogen (secondary N) is 2. The molecule has 3 rings (SSSR count). The number of carbonyl (C=O) groups excluding carboxylic acids is 1. The van der Waals surface area contributed by atoms with Crippen LogP contribution in [0.25, 0.3) is 0 Å². The lowest BCUT2D eigenvalue weighted by Gasteiger charge is -2.07. The molecule has 2 aromatic rings. The molecule has 1 amide bonds. The minimum atomic E-state index is -0.161. The fourth-order valence-electron chi connectivity index (χ4n) is 1.94. The lowest BCUT2D eigenvalue weighted by molar-refractivity contribution is 0.0932. The van der Waals surface area contributed by atoms with Gasteiger partial charge in [-0.2, -0.15) is 0 Å². The molecule has 0 bridgehead atoms. The highest BCUT2D eigenvalue weighted by atomic mass is 16.7. The maximum absolute atomic E-state index is 11.8. The highest BCUT2D eigenvalue weighted by Crippen LogP contribution is 2.32. The standard InChI is InChI=1S/C15H14N2O3/c18-15(12-4-2-1-3-5-12)17-16-9-11-6-7-13-14(8-11)20-10-19-13/h1-8,16H,9-10H2,(H,17,18). The highest BCUT2D eigenvalue weighted by molar-refractivity contribution is 5.93.